The van der Waals surface area contributed by atoms with Crippen LogP contribution in [0.3, 0.4) is 0 Å². The van der Waals surface area contributed by atoms with Crippen LogP contribution in [0.25, 0.3) is 16.9 Å². The van der Waals surface area contributed by atoms with Gasteiger partial charge in [0, 0.05) is 11.0 Å². The van der Waals surface area contributed by atoms with Gasteiger partial charge in [-0.05, 0) is 25.1 Å². The molecule has 0 aliphatic carbocycles. The Morgan fingerprint density at radius 2 is 2.19 bits per heavy atom. The fourth-order valence-electron chi connectivity index (χ4n) is 2.07. The molecule has 21 heavy (non-hydrogen) atoms. The number of nitrogens with two attached hydrogens (primary N) is 1. The lowest BCUT2D eigenvalue weighted by Crippen LogP contribution is -2.10. The van der Waals surface area contributed by atoms with E-state index < -0.39 is 5.82 Å². The maximum atomic E-state index is 14.1. The van der Waals surface area contributed by atoms with E-state index in [2.05, 4.69) is 36.2 Å². The van der Waals surface area contributed by atoms with E-state index in [0.29, 0.717) is 12.5 Å². The zero-order valence-electron chi connectivity index (χ0n) is 11.1. The molecule has 0 bridgehead atoms. The molecule has 108 valence electrons. The molecular weight excluding hydrogens is 339 g/mol. The molecule has 0 fully saturated rings. The number of nitrogens with one attached hydrogen (secondary N) is 1. The lowest BCUT2D eigenvalue weighted by molar-refractivity contribution is 0.604. The zero-order chi connectivity index (χ0) is 15.0. The van der Waals surface area contributed by atoms with E-state index in [1.165, 1.54) is 0 Å². The predicted octanol–water partition coefficient (Wildman–Crippen LogP) is 2.73. The quantitative estimate of drug-likeness (QED) is 0.758. The number of fused-ring (bicyclic) bond motifs is 1. The highest BCUT2D eigenvalue weighted by Gasteiger charge is 2.17. The molecule has 0 saturated carbocycles. The summed E-state index contributed by atoms with van der Waals surface area (Å²) in [7, 11) is 0. The van der Waals surface area contributed by atoms with E-state index in [4.69, 9.17) is 5.73 Å². The molecule has 8 heteroatoms. The van der Waals surface area contributed by atoms with E-state index in [0.717, 1.165) is 21.7 Å². The number of imidazole rings is 1. The van der Waals surface area contributed by atoms with E-state index in [-0.39, 0.29) is 11.8 Å². The molecule has 2 heterocycles. The number of benzene rings is 1. The third kappa shape index (κ3) is 2.42. The van der Waals surface area contributed by atoms with Crippen molar-refractivity contribution in [3.8, 4) is 5.82 Å². The zero-order valence-corrected chi connectivity index (χ0v) is 12.7. The molecule has 0 spiro atoms. The number of rotatable bonds is 3. The van der Waals surface area contributed by atoms with Crippen LogP contribution in [0.4, 0.5) is 16.3 Å². The molecule has 0 amide bonds. The Hall–Kier alpha value is -2.22. The number of hydrogen-bond donors (Lipinski definition) is 2. The fraction of sp³-hybridized carbons (Fsp3) is 0.154. The number of nitrogens with zero attached hydrogens (tertiary/aromatic N) is 4. The molecule has 2 aromatic heterocycles. The smallest absolute Gasteiger partial charge is 0.222 e. The van der Waals surface area contributed by atoms with Gasteiger partial charge in [0.05, 0.1) is 17.2 Å². The Morgan fingerprint density at radius 1 is 1.38 bits per heavy atom. The number of aromatic nitrogens is 4. The molecule has 0 saturated heterocycles. The van der Waals surface area contributed by atoms with Crippen LogP contribution in [0, 0.1) is 5.82 Å². The van der Waals surface area contributed by atoms with Crippen molar-refractivity contribution in [3.63, 3.8) is 0 Å². The highest BCUT2D eigenvalue weighted by molar-refractivity contribution is 9.10. The molecule has 3 N–H and O–H groups in total. The van der Waals surface area contributed by atoms with Gasteiger partial charge in [-0.1, -0.05) is 15.9 Å². The molecule has 6 nitrogen and oxygen atoms in total. The third-order valence-corrected chi connectivity index (χ3v) is 3.40. The van der Waals surface area contributed by atoms with E-state index in [1.54, 1.807) is 4.57 Å². The van der Waals surface area contributed by atoms with Crippen molar-refractivity contribution in [1.82, 2.24) is 19.5 Å². The molecule has 3 rings (SSSR count). The Kier molecular flexibility index (Phi) is 3.46. The van der Waals surface area contributed by atoms with Gasteiger partial charge in [0.15, 0.2) is 11.6 Å². The molecule has 0 aliphatic heterocycles. The summed E-state index contributed by atoms with van der Waals surface area (Å²) in [6, 6.07) is 5.57. The molecule has 0 radical (unpaired) electrons. The first-order chi connectivity index (χ1) is 10.1. The summed E-state index contributed by atoms with van der Waals surface area (Å²) >= 11 is 3.41. The van der Waals surface area contributed by atoms with Crippen LogP contribution < -0.4 is 11.1 Å². The summed E-state index contributed by atoms with van der Waals surface area (Å²) in [5, 5.41) is 3.10. The van der Waals surface area contributed by atoms with Crippen LogP contribution in [0.15, 0.2) is 28.9 Å². The van der Waals surface area contributed by atoms with Gasteiger partial charge in [-0.15, -0.1) is 0 Å². The number of halogens is 2. The first-order valence-electron chi connectivity index (χ1n) is 6.30. The van der Waals surface area contributed by atoms with Crippen LogP contribution in [0.2, 0.25) is 0 Å². The lowest BCUT2D eigenvalue weighted by atomic mass is 10.3. The van der Waals surface area contributed by atoms with Gasteiger partial charge < -0.3 is 11.1 Å². The summed E-state index contributed by atoms with van der Waals surface area (Å²) in [6.07, 6.45) is 1.05. The van der Waals surface area contributed by atoms with Crippen LogP contribution in [-0.2, 0) is 0 Å². The fourth-order valence-corrected chi connectivity index (χ4v) is 2.42. The summed E-state index contributed by atoms with van der Waals surface area (Å²) < 4.78 is 16.6. The Balaban J connectivity index is 2.35. The summed E-state index contributed by atoms with van der Waals surface area (Å²) in [5.41, 5.74) is 7.03. The Labute approximate surface area is 128 Å². The predicted molar refractivity (Wildman–Crippen MR) is 82.9 cm³/mol. The van der Waals surface area contributed by atoms with Crippen molar-refractivity contribution in [2.75, 3.05) is 17.6 Å². The number of hydrogen-bond acceptors (Lipinski definition) is 5. The summed E-state index contributed by atoms with van der Waals surface area (Å²) in [4.78, 5) is 12.1. The van der Waals surface area contributed by atoms with E-state index in [9.17, 15) is 4.39 Å². The van der Waals surface area contributed by atoms with Crippen LogP contribution in [0.1, 0.15) is 6.92 Å². The minimum atomic E-state index is -0.567. The Morgan fingerprint density at radius 3 is 2.95 bits per heavy atom. The van der Waals surface area contributed by atoms with Crippen molar-refractivity contribution in [2.24, 2.45) is 0 Å². The monoisotopic (exact) mass is 350 g/mol. The average Bonchev–Trinajstić information content (AvgIpc) is 2.79. The molecule has 1 aromatic carbocycles. The lowest BCUT2D eigenvalue weighted by Gasteiger charge is -2.10. The topological polar surface area (TPSA) is 81.7 Å². The molecule has 0 unspecified atom stereocenters. The van der Waals surface area contributed by atoms with Crippen molar-refractivity contribution in [3.05, 3.63) is 34.7 Å². The third-order valence-electron chi connectivity index (χ3n) is 2.91. The van der Waals surface area contributed by atoms with Gasteiger partial charge in [0.1, 0.15) is 0 Å². The molecule has 0 aliphatic rings. The van der Waals surface area contributed by atoms with Crippen molar-refractivity contribution in [1.29, 1.82) is 0 Å². The Bertz CT molecular complexity index is 816. The number of anilines is 2. The van der Waals surface area contributed by atoms with Gasteiger partial charge in [-0.2, -0.15) is 4.98 Å². The maximum Gasteiger partial charge on any atom is 0.222 e. The van der Waals surface area contributed by atoms with Crippen LogP contribution >= 0.6 is 15.9 Å². The van der Waals surface area contributed by atoms with Gasteiger partial charge in [-0.25, -0.2) is 14.4 Å². The van der Waals surface area contributed by atoms with Gasteiger partial charge in [-0.3, -0.25) is 4.57 Å². The minimum absolute atomic E-state index is 0.00527. The number of nitrogen functional groups attached to an aromatic ring is 1. The van der Waals surface area contributed by atoms with Gasteiger partial charge in [0.25, 0.3) is 0 Å². The van der Waals surface area contributed by atoms with E-state index >= 15 is 0 Å². The highest BCUT2D eigenvalue weighted by Crippen LogP contribution is 2.27. The summed E-state index contributed by atoms with van der Waals surface area (Å²) in [6.45, 7) is 2.58. The van der Waals surface area contributed by atoms with Crippen molar-refractivity contribution in [2.45, 2.75) is 6.92 Å². The first kappa shape index (κ1) is 13.7. The van der Waals surface area contributed by atoms with Gasteiger partial charge >= 0.3 is 0 Å². The first-order valence-corrected chi connectivity index (χ1v) is 7.09. The summed E-state index contributed by atoms with van der Waals surface area (Å²) in [5.74, 6) is 0.00924. The van der Waals surface area contributed by atoms with Crippen molar-refractivity contribution < 1.29 is 4.39 Å². The van der Waals surface area contributed by atoms with Crippen molar-refractivity contribution >= 4 is 38.9 Å². The molecular formula is C13H12BrFN6. The highest BCUT2D eigenvalue weighted by atomic mass is 79.9. The molecule has 3 aromatic rings. The maximum absolute atomic E-state index is 14.1. The standard InChI is InChI=1S/C13H12BrFN6/c1-2-17-13-19-9-4-3-7(14)5-10(9)21(13)11-8(15)6-18-12(16)20-11/h3-6H,2H2,1H3,(H,17,19)(H2,16,18,20). The molecule has 0 atom stereocenters. The average molecular weight is 351 g/mol. The van der Waals surface area contributed by atoms with Crippen LogP contribution in [0.5, 0.6) is 0 Å². The normalized spacial score (nSPS) is 11.0. The second-order valence-electron chi connectivity index (χ2n) is 4.33. The minimum Gasteiger partial charge on any atom is -0.368 e. The van der Waals surface area contributed by atoms with E-state index in [1.807, 2.05) is 25.1 Å². The van der Waals surface area contributed by atoms with Crippen LogP contribution in [-0.4, -0.2) is 26.1 Å². The SMILES string of the molecule is CCNc1nc2ccc(Br)cc2n1-c1nc(N)ncc1F. The second-order valence-corrected chi connectivity index (χ2v) is 5.25. The second kappa shape index (κ2) is 5.28. The largest absolute Gasteiger partial charge is 0.368 e. The van der Waals surface area contributed by atoms with Gasteiger partial charge in [0.2, 0.25) is 11.9 Å².